The van der Waals surface area contributed by atoms with Gasteiger partial charge in [0.1, 0.15) is 6.04 Å². The lowest BCUT2D eigenvalue weighted by Crippen LogP contribution is -2.31. The van der Waals surface area contributed by atoms with Crippen molar-refractivity contribution in [3.63, 3.8) is 0 Å². The number of carboxylic acid groups (broad SMARTS) is 1. The molecular formula is C15H14BrNO2. The van der Waals surface area contributed by atoms with Crippen LogP contribution in [0.1, 0.15) is 12.8 Å². The summed E-state index contributed by atoms with van der Waals surface area (Å²) in [7, 11) is 0. The van der Waals surface area contributed by atoms with Crippen LogP contribution in [0.3, 0.4) is 0 Å². The van der Waals surface area contributed by atoms with Crippen LogP contribution >= 0.6 is 15.9 Å². The second-order valence-electron chi connectivity index (χ2n) is 5.00. The Balaban J connectivity index is 1.88. The highest BCUT2D eigenvalue weighted by molar-refractivity contribution is 9.10. The van der Waals surface area contributed by atoms with Crippen molar-refractivity contribution in [1.29, 1.82) is 0 Å². The number of carboxylic acids is 1. The van der Waals surface area contributed by atoms with E-state index in [1.165, 1.54) is 0 Å². The van der Waals surface area contributed by atoms with Gasteiger partial charge >= 0.3 is 5.97 Å². The molecule has 98 valence electrons. The summed E-state index contributed by atoms with van der Waals surface area (Å²) in [6.45, 7) is 0. The van der Waals surface area contributed by atoms with E-state index in [-0.39, 0.29) is 5.92 Å². The lowest BCUT2D eigenvalue weighted by Gasteiger charge is -2.15. The number of nitrogens with one attached hydrogen (secondary N) is 1. The molecule has 0 amide bonds. The minimum absolute atomic E-state index is 0.276. The van der Waals surface area contributed by atoms with Crippen LogP contribution in [0.15, 0.2) is 40.9 Å². The van der Waals surface area contributed by atoms with Crippen molar-refractivity contribution in [2.75, 3.05) is 5.32 Å². The predicted octanol–water partition coefficient (Wildman–Crippen LogP) is 3.88. The lowest BCUT2D eigenvalue weighted by atomic mass is 10.1. The van der Waals surface area contributed by atoms with Gasteiger partial charge < -0.3 is 10.4 Å². The van der Waals surface area contributed by atoms with Crippen molar-refractivity contribution in [1.82, 2.24) is 0 Å². The second kappa shape index (κ2) is 4.85. The Labute approximate surface area is 119 Å². The quantitative estimate of drug-likeness (QED) is 0.899. The van der Waals surface area contributed by atoms with Gasteiger partial charge in [-0.2, -0.15) is 0 Å². The van der Waals surface area contributed by atoms with Crippen LogP contribution in [0.25, 0.3) is 10.8 Å². The zero-order chi connectivity index (χ0) is 13.4. The Morgan fingerprint density at radius 2 is 1.89 bits per heavy atom. The first-order chi connectivity index (χ1) is 9.13. The fourth-order valence-electron chi connectivity index (χ4n) is 2.30. The van der Waals surface area contributed by atoms with E-state index in [2.05, 4.69) is 27.3 Å². The average Bonchev–Trinajstić information content (AvgIpc) is 3.20. The van der Waals surface area contributed by atoms with E-state index in [1.54, 1.807) is 0 Å². The first-order valence-electron chi connectivity index (χ1n) is 6.32. The van der Waals surface area contributed by atoms with Crippen LogP contribution in [0, 0.1) is 5.92 Å². The maximum absolute atomic E-state index is 11.2. The molecule has 0 aromatic heterocycles. The Morgan fingerprint density at radius 3 is 2.58 bits per heavy atom. The van der Waals surface area contributed by atoms with Gasteiger partial charge in [0.15, 0.2) is 0 Å². The second-order valence-corrected chi connectivity index (χ2v) is 5.92. The van der Waals surface area contributed by atoms with Crippen LogP contribution in [0.4, 0.5) is 5.69 Å². The molecule has 2 aromatic carbocycles. The summed E-state index contributed by atoms with van der Waals surface area (Å²) in [5.41, 5.74) is 0.870. The van der Waals surface area contributed by atoms with Gasteiger partial charge in [0.05, 0.1) is 0 Å². The van der Waals surface area contributed by atoms with E-state index in [4.69, 9.17) is 0 Å². The van der Waals surface area contributed by atoms with E-state index in [9.17, 15) is 9.90 Å². The topological polar surface area (TPSA) is 49.3 Å². The molecule has 19 heavy (non-hydrogen) atoms. The molecule has 0 radical (unpaired) electrons. The molecule has 0 spiro atoms. The number of hydrogen-bond donors (Lipinski definition) is 2. The van der Waals surface area contributed by atoms with Crippen molar-refractivity contribution in [2.24, 2.45) is 5.92 Å². The number of rotatable bonds is 4. The molecule has 1 atom stereocenters. The van der Waals surface area contributed by atoms with E-state index in [1.807, 2.05) is 30.3 Å². The first kappa shape index (κ1) is 12.5. The highest BCUT2D eigenvalue weighted by Crippen LogP contribution is 2.34. The minimum atomic E-state index is -0.765. The highest BCUT2D eigenvalue weighted by Gasteiger charge is 2.36. The monoisotopic (exact) mass is 319 g/mol. The number of hydrogen-bond acceptors (Lipinski definition) is 2. The van der Waals surface area contributed by atoms with E-state index in [0.717, 1.165) is 33.8 Å². The third kappa shape index (κ3) is 2.73. The molecule has 1 unspecified atom stereocenters. The zero-order valence-corrected chi connectivity index (χ0v) is 11.9. The summed E-state index contributed by atoms with van der Waals surface area (Å²) in [5, 5.41) is 14.6. The number of halogens is 1. The summed E-state index contributed by atoms with van der Waals surface area (Å²) < 4.78 is 1.04. The summed E-state index contributed by atoms with van der Waals surface area (Å²) in [6.07, 6.45) is 2.01. The van der Waals surface area contributed by atoms with Crippen molar-refractivity contribution in [3.05, 3.63) is 40.9 Å². The van der Waals surface area contributed by atoms with Crippen molar-refractivity contribution < 1.29 is 9.90 Å². The standard InChI is InChI=1S/C15H14BrNO2/c16-12-5-3-11-8-13(6-4-10(11)7-12)17-14(15(18)19)9-1-2-9/h3-9,14,17H,1-2H2,(H,18,19). The van der Waals surface area contributed by atoms with Crippen LogP contribution in [-0.2, 0) is 4.79 Å². The fraction of sp³-hybridized carbons (Fsp3) is 0.267. The summed E-state index contributed by atoms with van der Waals surface area (Å²) in [6, 6.07) is 11.5. The summed E-state index contributed by atoms with van der Waals surface area (Å²) in [4.78, 5) is 11.2. The van der Waals surface area contributed by atoms with Gasteiger partial charge in [-0.15, -0.1) is 0 Å². The molecule has 0 heterocycles. The largest absolute Gasteiger partial charge is 0.480 e. The Kier molecular flexibility index (Phi) is 3.19. The number of fused-ring (bicyclic) bond motifs is 1. The van der Waals surface area contributed by atoms with Crippen molar-refractivity contribution >= 4 is 38.4 Å². The smallest absolute Gasteiger partial charge is 0.326 e. The number of aliphatic carboxylic acids is 1. The molecule has 4 heteroatoms. The van der Waals surface area contributed by atoms with Crippen molar-refractivity contribution in [2.45, 2.75) is 18.9 Å². The SMILES string of the molecule is O=C(O)C(Nc1ccc2cc(Br)ccc2c1)C1CC1. The van der Waals surface area contributed by atoms with Crippen LogP contribution < -0.4 is 5.32 Å². The highest BCUT2D eigenvalue weighted by atomic mass is 79.9. The number of benzene rings is 2. The number of carbonyl (C=O) groups is 1. The van der Waals surface area contributed by atoms with Gasteiger partial charge in [-0.3, -0.25) is 0 Å². The van der Waals surface area contributed by atoms with E-state index >= 15 is 0 Å². The molecule has 0 saturated heterocycles. The Morgan fingerprint density at radius 1 is 1.21 bits per heavy atom. The molecule has 0 bridgehead atoms. The molecule has 2 aromatic rings. The van der Waals surface area contributed by atoms with Gasteiger partial charge in [-0.05, 0) is 53.8 Å². The lowest BCUT2D eigenvalue weighted by molar-refractivity contribution is -0.138. The molecular weight excluding hydrogens is 306 g/mol. The first-order valence-corrected chi connectivity index (χ1v) is 7.11. The van der Waals surface area contributed by atoms with Gasteiger partial charge in [0.2, 0.25) is 0 Å². The van der Waals surface area contributed by atoms with Gasteiger partial charge in [0.25, 0.3) is 0 Å². The van der Waals surface area contributed by atoms with E-state index < -0.39 is 12.0 Å². The maximum Gasteiger partial charge on any atom is 0.326 e. The molecule has 2 N–H and O–H groups in total. The fourth-order valence-corrected chi connectivity index (χ4v) is 2.68. The van der Waals surface area contributed by atoms with Crippen LogP contribution in [-0.4, -0.2) is 17.1 Å². The average molecular weight is 320 g/mol. The molecule has 1 aliphatic rings. The molecule has 3 rings (SSSR count). The Bertz CT molecular complexity index is 637. The third-order valence-electron chi connectivity index (χ3n) is 3.48. The molecule has 0 aliphatic heterocycles. The molecule has 1 saturated carbocycles. The number of anilines is 1. The molecule has 1 fully saturated rings. The van der Waals surface area contributed by atoms with Crippen LogP contribution in [0.2, 0.25) is 0 Å². The maximum atomic E-state index is 11.2. The summed E-state index contributed by atoms with van der Waals surface area (Å²) >= 11 is 3.44. The molecule has 3 nitrogen and oxygen atoms in total. The van der Waals surface area contributed by atoms with Gasteiger partial charge in [-0.25, -0.2) is 4.79 Å². The normalized spacial score (nSPS) is 16.3. The van der Waals surface area contributed by atoms with Gasteiger partial charge in [-0.1, -0.05) is 28.1 Å². The zero-order valence-electron chi connectivity index (χ0n) is 10.3. The van der Waals surface area contributed by atoms with Crippen molar-refractivity contribution in [3.8, 4) is 0 Å². The minimum Gasteiger partial charge on any atom is -0.480 e. The molecule has 1 aliphatic carbocycles. The predicted molar refractivity (Wildman–Crippen MR) is 79.4 cm³/mol. The Hall–Kier alpha value is -1.55. The van der Waals surface area contributed by atoms with E-state index in [0.29, 0.717) is 0 Å². The third-order valence-corrected chi connectivity index (χ3v) is 3.98. The van der Waals surface area contributed by atoms with Gasteiger partial charge in [0, 0.05) is 10.2 Å². The van der Waals surface area contributed by atoms with Crippen LogP contribution in [0.5, 0.6) is 0 Å². The summed E-state index contributed by atoms with van der Waals surface area (Å²) in [5.74, 6) is -0.489.